The van der Waals surface area contributed by atoms with Gasteiger partial charge in [0.2, 0.25) is 11.8 Å². The molecule has 0 saturated carbocycles. The Hall–Kier alpha value is -3.38. The maximum absolute atomic E-state index is 14.0. The molecule has 0 atom stereocenters. The number of carbonyl (C=O) groups excluding carboxylic acids is 2. The van der Waals surface area contributed by atoms with Crippen molar-refractivity contribution < 1.29 is 14.0 Å². The molecule has 6 nitrogen and oxygen atoms in total. The summed E-state index contributed by atoms with van der Waals surface area (Å²) in [5, 5.41) is 0. The van der Waals surface area contributed by atoms with E-state index in [9.17, 15) is 9.59 Å². The van der Waals surface area contributed by atoms with Crippen LogP contribution in [0.15, 0.2) is 83.5 Å². The number of nitrogens with zero attached hydrogens (tertiary/aromatic N) is 3. The van der Waals surface area contributed by atoms with Gasteiger partial charge in [0.25, 0.3) is 0 Å². The van der Waals surface area contributed by atoms with Gasteiger partial charge in [-0.1, -0.05) is 67.6 Å². The van der Waals surface area contributed by atoms with E-state index in [-0.39, 0.29) is 11.8 Å². The number of piperazine rings is 1. The fourth-order valence-corrected chi connectivity index (χ4v) is 4.51. The van der Waals surface area contributed by atoms with Crippen molar-refractivity contribution in [3.63, 3.8) is 0 Å². The van der Waals surface area contributed by atoms with Gasteiger partial charge in [0.1, 0.15) is 5.76 Å². The predicted octanol–water partition coefficient (Wildman–Crippen LogP) is 3.99. The molecule has 34 heavy (non-hydrogen) atoms. The standard InChI is InChI=1S/C28H33N3O3/c1-2-29-17-19-30(20-18-29)26(32)15-16-31(22-25-14-9-21-34-25)28(33)27(23-10-5-3-6-11-23)24-12-7-4-8-13-24/h3-14,21,27H,2,15-20,22H2,1H3. The molecule has 0 spiro atoms. The Bertz CT molecular complexity index is 990. The molecule has 1 aliphatic rings. The first kappa shape index (κ1) is 23.8. The van der Waals surface area contributed by atoms with Crippen LogP contribution in [-0.2, 0) is 16.1 Å². The highest BCUT2D eigenvalue weighted by molar-refractivity contribution is 5.87. The monoisotopic (exact) mass is 459 g/mol. The molecule has 1 fully saturated rings. The molecule has 4 rings (SSSR count). The Balaban J connectivity index is 1.53. The Morgan fingerprint density at radius 3 is 2.03 bits per heavy atom. The van der Waals surface area contributed by atoms with Gasteiger partial charge in [-0.25, -0.2) is 0 Å². The highest BCUT2D eigenvalue weighted by Gasteiger charge is 2.29. The summed E-state index contributed by atoms with van der Waals surface area (Å²) >= 11 is 0. The number of furan rings is 1. The molecular weight excluding hydrogens is 426 g/mol. The third kappa shape index (κ3) is 5.94. The summed E-state index contributed by atoms with van der Waals surface area (Å²) in [6.45, 7) is 7.13. The Labute approximate surface area is 201 Å². The van der Waals surface area contributed by atoms with Crippen molar-refractivity contribution in [3.05, 3.63) is 95.9 Å². The van der Waals surface area contributed by atoms with Crippen molar-refractivity contribution in [1.29, 1.82) is 0 Å². The normalized spacial score (nSPS) is 14.4. The van der Waals surface area contributed by atoms with Gasteiger partial charge in [-0.05, 0) is 29.8 Å². The number of benzene rings is 2. The summed E-state index contributed by atoms with van der Waals surface area (Å²) in [5.41, 5.74) is 1.87. The van der Waals surface area contributed by atoms with E-state index in [4.69, 9.17) is 4.42 Å². The van der Waals surface area contributed by atoms with Crippen molar-refractivity contribution in [3.8, 4) is 0 Å². The average Bonchev–Trinajstić information content (AvgIpc) is 3.41. The maximum Gasteiger partial charge on any atom is 0.234 e. The molecule has 178 valence electrons. The largest absolute Gasteiger partial charge is 0.467 e. The quantitative estimate of drug-likeness (QED) is 0.486. The van der Waals surface area contributed by atoms with Gasteiger partial charge >= 0.3 is 0 Å². The van der Waals surface area contributed by atoms with E-state index in [0.717, 1.165) is 43.9 Å². The fourth-order valence-electron chi connectivity index (χ4n) is 4.51. The minimum atomic E-state index is -0.444. The number of hydrogen-bond acceptors (Lipinski definition) is 4. The maximum atomic E-state index is 14.0. The van der Waals surface area contributed by atoms with Crippen LogP contribution in [0.5, 0.6) is 0 Å². The summed E-state index contributed by atoms with van der Waals surface area (Å²) in [6.07, 6.45) is 1.91. The van der Waals surface area contributed by atoms with E-state index in [1.165, 1.54) is 0 Å². The molecule has 1 aliphatic heterocycles. The zero-order valence-electron chi connectivity index (χ0n) is 19.8. The topological polar surface area (TPSA) is 57.0 Å². The summed E-state index contributed by atoms with van der Waals surface area (Å²) in [4.78, 5) is 33.0. The highest BCUT2D eigenvalue weighted by Crippen LogP contribution is 2.28. The van der Waals surface area contributed by atoms with Gasteiger partial charge in [0.05, 0.1) is 18.7 Å². The third-order valence-electron chi connectivity index (χ3n) is 6.52. The van der Waals surface area contributed by atoms with Gasteiger partial charge in [-0.3, -0.25) is 9.59 Å². The van der Waals surface area contributed by atoms with Crippen LogP contribution in [0.3, 0.4) is 0 Å². The van der Waals surface area contributed by atoms with E-state index in [1.54, 1.807) is 11.2 Å². The van der Waals surface area contributed by atoms with Gasteiger partial charge in [0.15, 0.2) is 0 Å². The number of hydrogen-bond donors (Lipinski definition) is 0. The molecule has 2 heterocycles. The SMILES string of the molecule is CCN1CCN(C(=O)CCN(Cc2ccco2)C(=O)C(c2ccccc2)c2ccccc2)CC1. The second-order valence-electron chi connectivity index (χ2n) is 8.66. The number of amides is 2. The van der Waals surface area contributed by atoms with E-state index in [2.05, 4.69) is 11.8 Å². The Morgan fingerprint density at radius 1 is 0.882 bits per heavy atom. The summed E-state index contributed by atoms with van der Waals surface area (Å²) in [6, 6.07) is 23.3. The van der Waals surface area contributed by atoms with Crippen LogP contribution in [0.2, 0.25) is 0 Å². The zero-order chi connectivity index (χ0) is 23.8. The van der Waals surface area contributed by atoms with Crippen molar-refractivity contribution in [2.24, 2.45) is 0 Å². The second kappa shape index (κ2) is 11.7. The summed E-state index contributed by atoms with van der Waals surface area (Å²) in [7, 11) is 0. The third-order valence-corrected chi connectivity index (χ3v) is 6.52. The molecule has 6 heteroatoms. The lowest BCUT2D eigenvalue weighted by atomic mass is 9.90. The molecule has 2 aromatic carbocycles. The molecule has 1 saturated heterocycles. The number of likely N-dealkylation sites (N-methyl/N-ethyl adjacent to an activating group) is 1. The minimum absolute atomic E-state index is 0.0302. The van der Waals surface area contributed by atoms with Gasteiger partial charge in [0, 0.05) is 39.1 Å². The molecule has 0 N–H and O–H groups in total. The lowest BCUT2D eigenvalue weighted by molar-refractivity contribution is -0.136. The second-order valence-corrected chi connectivity index (χ2v) is 8.66. The molecular formula is C28H33N3O3. The van der Waals surface area contributed by atoms with Crippen molar-refractivity contribution in [1.82, 2.24) is 14.7 Å². The molecule has 3 aromatic rings. The van der Waals surface area contributed by atoms with E-state index in [0.29, 0.717) is 25.3 Å². The van der Waals surface area contributed by atoms with Crippen LogP contribution in [0.25, 0.3) is 0 Å². The Kier molecular flexibility index (Phi) is 8.15. The number of rotatable bonds is 9. The van der Waals surface area contributed by atoms with Crippen molar-refractivity contribution >= 4 is 11.8 Å². The summed E-state index contributed by atoms with van der Waals surface area (Å²) in [5.74, 6) is 0.333. The smallest absolute Gasteiger partial charge is 0.234 e. The molecule has 1 aromatic heterocycles. The zero-order valence-corrected chi connectivity index (χ0v) is 19.8. The molecule has 0 radical (unpaired) electrons. The van der Waals surface area contributed by atoms with Crippen LogP contribution < -0.4 is 0 Å². The summed E-state index contributed by atoms with van der Waals surface area (Å²) < 4.78 is 5.56. The van der Waals surface area contributed by atoms with Crippen LogP contribution in [-0.4, -0.2) is 65.8 Å². The first-order valence-corrected chi connectivity index (χ1v) is 12.1. The van der Waals surface area contributed by atoms with Gasteiger partial charge < -0.3 is 19.1 Å². The molecule has 0 unspecified atom stereocenters. The lowest BCUT2D eigenvalue weighted by Crippen LogP contribution is -2.49. The number of carbonyl (C=O) groups is 2. The van der Waals surface area contributed by atoms with Gasteiger partial charge in [-0.2, -0.15) is 0 Å². The van der Waals surface area contributed by atoms with Crippen molar-refractivity contribution in [2.75, 3.05) is 39.3 Å². The first-order chi connectivity index (χ1) is 16.7. The lowest BCUT2D eigenvalue weighted by Gasteiger charge is -2.34. The van der Waals surface area contributed by atoms with Gasteiger partial charge in [-0.15, -0.1) is 0 Å². The first-order valence-electron chi connectivity index (χ1n) is 12.1. The molecule has 0 aliphatic carbocycles. The van der Waals surface area contributed by atoms with Crippen LogP contribution in [0, 0.1) is 0 Å². The van der Waals surface area contributed by atoms with E-state index < -0.39 is 5.92 Å². The Morgan fingerprint density at radius 2 is 1.50 bits per heavy atom. The van der Waals surface area contributed by atoms with Crippen LogP contribution >= 0.6 is 0 Å². The van der Waals surface area contributed by atoms with Crippen LogP contribution in [0.4, 0.5) is 0 Å². The van der Waals surface area contributed by atoms with Crippen molar-refractivity contribution in [2.45, 2.75) is 25.8 Å². The van der Waals surface area contributed by atoms with Crippen LogP contribution in [0.1, 0.15) is 36.1 Å². The average molecular weight is 460 g/mol. The van der Waals surface area contributed by atoms with E-state index in [1.807, 2.05) is 77.7 Å². The fraction of sp³-hybridized carbons (Fsp3) is 0.357. The van der Waals surface area contributed by atoms with E-state index >= 15 is 0 Å². The highest BCUT2D eigenvalue weighted by atomic mass is 16.3. The molecule has 2 amide bonds. The minimum Gasteiger partial charge on any atom is -0.467 e. The molecule has 0 bridgehead atoms. The predicted molar refractivity (Wildman–Crippen MR) is 132 cm³/mol.